The summed E-state index contributed by atoms with van der Waals surface area (Å²) in [6, 6.07) is 5.75. The average Bonchev–Trinajstić information content (AvgIpc) is 2.42. The molecule has 1 aromatic rings. The summed E-state index contributed by atoms with van der Waals surface area (Å²) in [7, 11) is 3.32. The van der Waals surface area contributed by atoms with Crippen LogP contribution in [0.2, 0.25) is 0 Å². The molecule has 0 aliphatic heterocycles. The molecule has 0 saturated carbocycles. The van der Waals surface area contributed by atoms with E-state index in [9.17, 15) is 0 Å². The Balaban J connectivity index is 2.45. The molecule has 0 unspecified atom stereocenters. The minimum atomic E-state index is 0.525. The van der Waals surface area contributed by atoms with Crippen LogP contribution in [0.15, 0.2) is 18.2 Å². The van der Waals surface area contributed by atoms with E-state index in [1.807, 2.05) is 18.2 Å². The highest BCUT2D eigenvalue weighted by molar-refractivity contribution is 5.44. The second kappa shape index (κ2) is 8.81. The van der Waals surface area contributed by atoms with Crippen molar-refractivity contribution in [1.29, 1.82) is 0 Å². The lowest BCUT2D eigenvalue weighted by Gasteiger charge is -2.13. The molecule has 0 aliphatic carbocycles. The van der Waals surface area contributed by atoms with E-state index in [0.717, 1.165) is 36.5 Å². The molecule has 0 fully saturated rings. The van der Waals surface area contributed by atoms with E-state index < -0.39 is 0 Å². The van der Waals surface area contributed by atoms with Gasteiger partial charge < -0.3 is 14.2 Å². The van der Waals surface area contributed by atoms with Crippen LogP contribution in [-0.2, 0) is 11.3 Å². The van der Waals surface area contributed by atoms with Crippen molar-refractivity contribution in [2.75, 3.05) is 20.8 Å². The zero-order valence-corrected chi connectivity index (χ0v) is 11.4. The van der Waals surface area contributed by atoms with Crippen LogP contribution in [0.25, 0.3) is 0 Å². The maximum Gasteiger partial charge on any atom is 0.128 e. The third kappa shape index (κ3) is 4.57. The largest absolute Gasteiger partial charge is 0.496 e. The van der Waals surface area contributed by atoms with Crippen molar-refractivity contribution < 1.29 is 14.2 Å². The Hall–Kier alpha value is -1.22. The highest BCUT2D eigenvalue weighted by atomic mass is 16.5. The molecule has 1 rings (SSSR count). The van der Waals surface area contributed by atoms with Gasteiger partial charge in [0.2, 0.25) is 0 Å². The molecular formula is C15H23O3. The van der Waals surface area contributed by atoms with Gasteiger partial charge in [0.25, 0.3) is 0 Å². The van der Waals surface area contributed by atoms with Gasteiger partial charge >= 0.3 is 0 Å². The van der Waals surface area contributed by atoms with Gasteiger partial charge in [-0.1, -0.05) is 32.3 Å². The van der Waals surface area contributed by atoms with E-state index in [0.29, 0.717) is 6.61 Å². The van der Waals surface area contributed by atoms with Crippen molar-refractivity contribution in [2.24, 2.45) is 0 Å². The minimum Gasteiger partial charge on any atom is -0.496 e. The summed E-state index contributed by atoms with van der Waals surface area (Å²) in [6.45, 7) is 5.11. The minimum absolute atomic E-state index is 0.525. The van der Waals surface area contributed by atoms with Crippen molar-refractivity contribution in [3.05, 3.63) is 30.7 Å². The fourth-order valence-electron chi connectivity index (χ4n) is 1.80. The average molecular weight is 251 g/mol. The van der Waals surface area contributed by atoms with Crippen LogP contribution >= 0.6 is 0 Å². The van der Waals surface area contributed by atoms with E-state index in [4.69, 9.17) is 14.2 Å². The summed E-state index contributed by atoms with van der Waals surface area (Å²) in [5.74, 6) is 1.62. The Morgan fingerprint density at radius 1 is 1.00 bits per heavy atom. The van der Waals surface area contributed by atoms with Gasteiger partial charge in [-0.05, 0) is 18.6 Å². The summed E-state index contributed by atoms with van der Waals surface area (Å²) in [6.07, 6.45) is 4.42. The van der Waals surface area contributed by atoms with Crippen molar-refractivity contribution >= 4 is 0 Å². The molecule has 0 heterocycles. The first-order valence-corrected chi connectivity index (χ1v) is 6.40. The molecule has 3 heteroatoms. The molecule has 3 nitrogen and oxygen atoms in total. The lowest BCUT2D eigenvalue weighted by Crippen LogP contribution is -2.01. The molecule has 0 bridgehead atoms. The number of hydrogen-bond donors (Lipinski definition) is 0. The Labute approximate surface area is 110 Å². The standard InChI is InChI=1S/C15H23O3/c1-4-5-6-7-11-18-12-13-14(16-2)9-8-10-15(13)17-3/h8-10H,1,4-7,11-12H2,2-3H3. The normalized spacial score (nSPS) is 10.4. The molecule has 1 aromatic carbocycles. The molecule has 0 saturated heterocycles. The van der Waals surface area contributed by atoms with E-state index in [1.165, 1.54) is 12.8 Å². The summed E-state index contributed by atoms with van der Waals surface area (Å²) in [5, 5.41) is 0. The predicted octanol–water partition coefficient (Wildman–Crippen LogP) is 3.61. The van der Waals surface area contributed by atoms with Gasteiger partial charge in [0, 0.05) is 6.61 Å². The van der Waals surface area contributed by atoms with E-state index in [-0.39, 0.29) is 0 Å². The number of methoxy groups -OCH3 is 2. The second-order valence-electron chi connectivity index (χ2n) is 4.11. The van der Waals surface area contributed by atoms with Crippen LogP contribution < -0.4 is 9.47 Å². The predicted molar refractivity (Wildman–Crippen MR) is 73.0 cm³/mol. The topological polar surface area (TPSA) is 27.7 Å². The van der Waals surface area contributed by atoms with Gasteiger partial charge in [0.05, 0.1) is 26.4 Å². The first kappa shape index (κ1) is 14.8. The van der Waals surface area contributed by atoms with Gasteiger partial charge in [0.1, 0.15) is 11.5 Å². The first-order chi connectivity index (χ1) is 8.83. The molecule has 0 atom stereocenters. The SMILES string of the molecule is [CH2]CCCCCOCc1c(OC)cccc1OC. The Morgan fingerprint density at radius 2 is 1.67 bits per heavy atom. The number of ether oxygens (including phenoxy) is 3. The zero-order valence-electron chi connectivity index (χ0n) is 11.4. The molecule has 0 amide bonds. The van der Waals surface area contributed by atoms with Crippen molar-refractivity contribution in [3.8, 4) is 11.5 Å². The van der Waals surface area contributed by atoms with Crippen LogP contribution in [-0.4, -0.2) is 20.8 Å². The van der Waals surface area contributed by atoms with Gasteiger partial charge in [-0.15, -0.1) is 0 Å². The second-order valence-corrected chi connectivity index (χ2v) is 4.11. The van der Waals surface area contributed by atoms with Crippen molar-refractivity contribution in [1.82, 2.24) is 0 Å². The summed E-state index contributed by atoms with van der Waals surface area (Å²) >= 11 is 0. The Bertz CT molecular complexity index is 314. The molecule has 18 heavy (non-hydrogen) atoms. The van der Waals surface area contributed by atoms with E-state index >= 15 is 0 Å². The van der Waals surface area contributed by atoms with Gasteiger partial charge in [-0.3, -0.25) is 0 Å². The zero-order chi connectivity index (χ0) is 13.2. The highest BCUT2D eigenvalue weighted by Gasteiger charge is 2.09. The molecule has 0 N–H and O–H groups in total. The smallest absolute Gasteiger partial charge is 0.128 e. The van der Waals surface area contributed by atoms with Crippen LogP contribution in [0.5, 0.6) is 11.5 Å². The maximum atomic E-state index is 5.67. The molecule has 0 spiro atoms. The lowest BCUT2D eigenvalue weighted by molar-refractivity contribution is 0.113. The summed E-state index contributed by atoms with van der Waals surface area (Å²) in [5.41, 5.74) is 0.972. The van der Waals surface area contributed by atoms with Crippen LogP contribution in [0.4, 0.5) is 0 Å². The van der Waals surface area contributed by atoms with Crippen LogP contribution in [0.1, 0.15) is 31.2 Å². The molecular weight excluding hydrogens is 228 g/mol. The number of unbranched alkanes of at least 4 members (excludes halogenated alkanes) is 3. The molecule has 0 aromatic heterocycles. The van der Waals surface area contributed by atoms with Crippen molar-refractivity contribution in [3.63, 3.8) is 0 Å². The summed E-state index contributed by atoms with van der Waals surface area (Å²) in [4.78, 5) is 0. The molecule has 1 radical (unpaired) electrons. The number of rotatable bonds is 9. The third-order valence-corrected chi connectivity index (χ3v) is 2.81. The summed E-state index contributed by atoms with van der Waals surface area (Å²) < 4.78 is 16.3. The van der Waals surface area contributed by atoms with Gasteiger partial charge in [-0.25, -0.2) is 0 Å². The van der Waals surface area contributed by atoms with Crippen LogP contribution in [0.3, 0.4) is 0 Å². The fourth-order valence-corrected chi connectivity index (χ4v) is 1.80. The van der Waals surface area contributed by atoms with Crippen LogP contribution in [0, 0.1) is 6.92 Å². The highest BCUT2D eigenvalue weighted by Crippen LogP contribution is 2.28. The third-order valence-electron chi connectivity index (χ3n) is 2.81. The van der Waals surface area contributed by atoms with Crippen molar-refractivity contribution in [2.45, 2.75) is 32.3 Å². The first-order valence-electron chi connectivity index (χ1n) is 6.40. The lowest BCUT2D eigenvalue weighted by atomic mass is 10.2. The Morgan fingerprint density at radius 3 is 2.22 bits per heavy atom. The van der Waals surface area contributed by atoms with E-state index in [2.05, 4.69) is 6.92 Å². The molecule has 101 valence electrons. The monoisotopic (exact) mass is 251 g/mol. The fraction of sp³-hybridized carbons (Fsp3) is 0.533. The van der Waals surface area contributed by atoms with Gasteiger partial charge in [0.15, 0.2) is 0 Å². The Kier molecular flexibility index (Phi) is 7.26. The molecule has 0 aliphatic rings. The maximum absolute atomic E-state index is 5.67. The van der Waals surface area contributed by atoms with E-state index in [1.54, 1.807) is 14.2 Å². The number of hydrogen-bond acceptors (Lipinski definition) is 3. The van der Waals surface area contributed by atoms with Gasteiger partial charge in [-0.2, -0.15) is 0 Å². The number of benzene rings is 1. The quantitative estimate of drug-likeness (QED) is 0.627.